The molecular formula is C8H15N3. The van der Waals surface area contributed by atoms with Crippen LogP contribution in [0.5, 0.6) is 0 Å². The van der Waals surface area contributed by atoms with Gasteiger partial charge in [-0.2, -0.15) is 5.26 Å². The average molecular weight is 153 g/mol. The lowest BCUT2D eigenvalue weighted by molar-refractivity contribution is 0.260. The average Bonchev–Trinajstić information content (AvgIpc) is 2.50. The Balaban J connectivity index is 2.36. The summed E-state index contributed by atoms with van der Waals surface area (Å²) in [6, 6.07) is 2.73. The van der Waals surface area contributed by atoms with Crippen LogP contribution in [0.4, 0.5) is 0 Å². The quantitative estimate of drug-likeness (QED) is 0.615. The normalized spacial score (nSPS) is 28.3. The maximum Gasteiger partial charge on any atom is 0.0669 e. The molecule has 2 atom stereocenters. The van der Waals surface area contributed by atoms with Crippen molar-refractivity contribution in [3.8, 4) is 6.07 Å². The standard InChI is InChI=1S/C8H15N3/c1-7(4-9)11-3-2-8(5-10)6-11/h7-8H,2-4,6,9H2,1H3. The van der Waals surface area contributed by atoms with E-state index < -0.39 is 0 Å². The molecule has 2 N–H and O–H groups in total. The van der Waals surface area contributed by atoms with Gasteiger partial charge in [0.25, 0.3) is 0 Å². The second-order valence-electron chi connectivity index (χ2n) is 3.19. The molecule has 1 saturated heterocycles. The third-order valence-corrected chi connectivity index (χ3v) is 2.37. The van der Waals surface area contributed by atoms with Crippen LogP contribution < -0.4 is 5.73 Å². The van der Waals surface area contributed by atoms with E-state index in [0.29, 0.717) is 12.6 Å². The molecule has 0 saturated carbocycles. The number of rotatable bonds is 2. The van der Waals surface area contributed by atoms with Crippen LogP contribution in [0.25, 0.3) is 0 Å². The minimum Gasteiger partial charge on any atom is -0.329 e. The first-order valence-corrected chi connectivity index (χ1v) is 4.11. The highest BCUT2D eigenvalue weighted by Crippen LogP contribution is 2.16. The van der Waals surface area contributed by atoms with E-state index in [-0.39, 0.29) is 5.92 Å². The topological polar surface area (TPSA) is 53.0 Å². The molecule has 3 nitrogen and oxygen atoms in total. The molecule has 0 amide bonds. The van der Waals surface area contributed by atoms with E-state index in [9.17, 15) is 0 Å². The zero-order valence-electron chi connectivity index (χ0n) is 6.95. The largest absolute Gasteiger partial charge is 0.329 e. The summed E-state index contributed by atoms with van der Waals surface area (Å²) in [6.45, 7) is 4.75. The molecule has 62 valence electrons. The van der Waals surface area contributed by atoms with Gasteiger partial charge in [0.05, 0.1) is 12.0 Å². The number of hydrogen-bond acceptors (Lipinski definition) is 3. The Hall–Kier alpha value is -0.590. The van der Waals surface area contributed by atoms with Crippen LogP contribution in [-0.2, 0) is 0 Å². The van der Waals surface area contributed by atoms with Crippen LogP contribution in [0, 0.1) is 17.2 Å². The predicted molar refractivity (Wildman–Crippen MR) is 43.8 cm³/mol. The van der Waals surface area contributed by atoms with E-state index in [1.807, 2.05) is 0 Å². The summed E-state index contributed by atoms with van der Waals surface area (Å²) in [4.78, 5) is 2.29. The van der Waals surface area contributed by atoms with Crippen molar-refractivity contribution in [3.63, 3.8) is 0 Å². The van der Waals surface area contributed by atoms with Crippen molar-refractivity contribution in [1.29, 1.82) is 5.26 Å². The summed E-state index contributed by atoms with van der Waals surface area (Å²) in [7, 11) is 0. The Bertz CT molecular complexity index is 161. The zero-order valence-corrected chi connectivity index (χ0v) is 6.95. The van der Waals surface area contributed by atoms with Gasteiger partial charge in [-0.1, -0.05) is 0 Å². The first-order valence-electron chi connectivity index (χ1n) is 4.11. The van der Waals surface area contributed by atoms with E-state index in [0.717, 1.165) is 19.5 Å². The summed E-state index contributed by atoms with van der Waals surface area (Å²) < 4.78 is 0. The summed E-state index contributed by atoms with van der Waals surface area (Å²) in [5, 5.41) is 8.63. The number of hydrogen-bond donors (Lipinski definition) is 1. The molecule has 1 rings (SSSR count). The van der Waals surface area contributed by atoms with E-state index >= 15 is 0 Å². The maximum atomic E-state index is 8.63. The molecule has 0 radical (unpaired) electrons. The van der Waals surface area contributed by atoms with E-state index in [2.05, 4.69) is 17.9 Å². The summed E-state index contributed by atoms with van der Waals surface area (Å²) in [5.74, 6) is 0.240. The minimum atomic E-state index is 0.240. The minimum absolute atomic E-state index is 0.240. The number of nitrogens with zero attached hydrogens (tertiary/aromatic N) is 2. The molecule has 0 aromatic heterocycles. The third kappa shape index (κ3) is 1.92. The van der Waals surface area contributed by atoms with Gasteiger partial charge in [-0.05, 0) is 19.9 Å². The Morgan fingerprint density at radius 3 is 3.00 bits per heavy atom. The molecular weight excluding hydrogens is 138 g/mol. The SMILES string of the molecule is CC(CN)N1CCC(C#N)C1. The lowest BCUT2D eigenvalue weighted by atomic mass is 10.1. The first-order chi connectivity index (χ1) is 5.27. The fraction of sp³-hybridized carbons (Fsp3) is 0.875. The van der Waals surface area contributed by atoms with Crippen molar-refractivity contribution in [2.24, 2.45) is 11.7 Å². The van der Waals surface area contributed by atoms with Crippen molar-refractivity contribution in [1.82, 2.24) is 4.90 Å². The van der Waals surface area contributed by atoms with Crippen molar-refractivity contribution < 1.29 is 0 Å². The van der Waals surface area contributed by atoms with Crippen molar-refractivity contribution in [2.45, 2.75) is 19.4 Å². The van der Waals surface area contributed by atoms with Gasteiger partial charge in [-0.15, -0.1) is 0 Å². The van der Waals surface area contributed by atoms with E-state index in [4.69, 9.17) is 11.0 Å². The molecule has 0 aromatic carbocycles. The van der Waals surface area contributed by atoms with E-state index in [1.165, 1.54) is 0 Å². The highest BCUT2D eigenvalue weighted by atomic mass is 15.2. The number of likely N-dealkylation sites (tertiary alicyclic amines) is 1. The Kier molecular flexibility index (Phi) is 2.86. The second kappa shape index (κ2) is 3.70. The zero-order chi connectivity index (χ0) is 8.27. The molecule has 0 aliphatic carbocycles. The van der Waals surface area contributed by atoms with Crippen molar-refractivity contribution >= 4 is 0 Å². The number of nitriles is 1. The predicted octanol–water partition coefficient (Wildman–Crippen LogP) is 0.179. The van der Waals surface area contributed by atoms with Crippen molar-refractivity contribution in [3.05, 3.63) is 0 Å². The molecule has 1 fully saturated rings. The fourth-order valence-electron chi connectivity index (χ4n) is 1.44. The smallest absolute Gasteiger partial charge is 0.0669 e. The molecule has 11 heavy (non-hydrogen) atoms. The van der Waals surface area contributed by atoms with Gasteiger partial charge >= 0.3 is 0 Å². The molecule has 2 unspecified atom stereocenters. The number of nitrogens with two attached hydrogens (primary N) is 1. The molecule has 1 heterocycles. The van der Waals surface area contributed by atoms with Gasteiger partial charge in [-0.3, -0.25) is 4.90 Å². The van der Waals surface area contributed by atoms with Gasteiger partial charge < -0.3 is 5.73 Å². The van der Waals surface area contributed by atoms with Gasteiger partial charge in [0, 0.05) is 19.1 Å². The molecule has 3 heteroatoms. The maximum absolute atomic E-state index is 8.63. The lowest BCUT2D eigenvalue weighted by Crippen LogP contribution is -2.36. The molecule has 1 aliphatic heterocycles. The van der Waals surface area contributed by atoms with Crippen LogP contribution in [0.15, 0.2) is 0 Å². The molecule has 0 bridgehead atoms. The summed E-state index contributed by atoms with van der Waals surface area (Å²) in [5.41, 5.74) is 5.51. The van der Waals surface area contributed by atoms with Gasteiger partial charge in [0.2, 0.25) is 0 Å². The van der Waals surface area contributed by atoms with Gasteiger partial charge in [0.15, 0.2) is 0 Å². The van der Waals surface area contributed by atoms with Crippen LogP contribution in [-0.4, -0.2) is 30.6 Å². The van der Waals surface area contributed by atoms with Crippen LogP contribution in [0.1, 0.15) is 13.3 Å². The Labute approximate surface area is 67.8 Å². The van der Waals surface area contributed by atoms with Crippen LogP contribution >= 0.6 is 0 Å². The highest BCUT2D eigenvalue weighted by Gasteiger charge is 2.24. The fourth-order valence-corrected chi connectivity index (χ4v) is 1.44. The van der Waals surface area contributed by atoms with Crippen molar-refractivity contribution in [2.75, 3.05) is 19.6 Å². The second-order valence-corrected chi connectivity index (χ2v) is 3.19. The van der Waals surface area contributed by atoms with Gasteiger partial charge in [0.1, 0.15) is 0 Å². The van der Waals surface area contributed by atoms with Crippen LogP contribution in [0.3, 0.4) is 0 Å². The molecule has 0 spiro atoms. The highest BCUT2D eigenvalue weighted by molar-refractivity contribution is 4.92. The lowest BCUT2D eigenvalue weighted by Gasteiger charge is -2.21. The molecule has 1 aliphatic rings. The van der Waals surface area contributed by atoms with E-state index in [1.54, 1.807) is 0 Å². The molecule has 0 aromatic rings. The Morgan fingerprint density at radius 2 is 2.55 bits per heavy atom. The monoisotopic (exact) mass is 153 g/mol. The van der Waals surface area contributed by atoms with Gasteiger partial charge in [-0.25, -0.2) is 0 Å². The van der Waals surface area contributed by atoms with Crippen LogP contribution in [0.2, 0.25) is 0 Å². The third-order valence-electron chi connectivity index (χ3n) is 2.37. The summed E-state index contributed by atoms with van der Waals surface area (Å²) in [6.07, 6.45) is 1.01. The Morgan fingerprint density at radius 1 is 1.82 bits per heavy atom. The summed E-state index contributed by atoms with van der Waals surface area (Å²) >= 11 is 0. The first kappa shape index (κ1) is 8.51.